The predicted molar refractivity (Wildman–Crippen MR) is 83.3 cm³/mol. The summed E-state index contributed by atoms with van der Waals surface area (Å²) in [5.74, 6) is -0.00190. The number of hydrogen-bond acceptors (Lipinski definition) is 3. The van der Waals surface area contributed by atoms with Crippen LogP contribution in [0.4, 0.5) is 4.39 Å². The van der Waals surface area contributed by atoms with E-state index < -0.39 is 15.8 Å². The van der Waals surface area contributed by atoms with Crippen LogP contribution in [0.3, 0.4) is 0 Å². The molecule has 0 bridgehead atoms. The van der Waals surface area contributed by atoms with Gasteiger partial charge in [-0.1, -0.05) is 29.3 Å². The Morgan fingerprint density at radius 3 is 2.50 bits per heavy atom. The van der Waals surface area contributed by atoms with Crippen LogP contribution >= 0.6 is 11.6 Å². The van der Waals surface area contributed by atoms with Gasteiger partial charge in [0.2, 0.25) is 10.0 Å². The lowest BCUT2D eigenvalue weighted by Gasteiger charge is -2.09. The Balaban J connectivity index is 1.89. The summed E-state index contributed by atoms with van der Waals surface area (Å²) in [4.78, 5) is -0.0887. The summed E-state index contributed by atoms with van der Waals surface area (Å²) < 4.78 is 44.8. The van der Waals surface area contributed by atoms with E-state index in [4.69, 9.17) is 16.3 Å². The van der Waals surface area contributed by atoms with Gasteiger partial charge in [0.05, 0.1) is 9.92 Å². The van der Waals surface area contributed by atoms with Gasteiger partial charge in [-0.05, 0) is 37.3 Å². The van der Waals surface area contributed by atoms with Gasteiger partial charge in [-0.25, -0.2) is 17.5 Å². The van der Waals surface area contributed by atoms with Crippen molar-refractivity contribution in [1.29, 1.82) is 0 Å². The van der Waals surface area contributed by atoms with Gasteiger partial charge in [0.1, 0.15) is 18.2 Å². The zero-order chi connectivity index (χ0) is 16.2. The third-order valence-corrected chi connectivity index (χ3v) is 4.63. The summed E-state index contributed by atoms with van der Waals surface area (Å²) in [6.45, 7) is 2.23. The Kier molecular flexibility index (Phi) is 5.39. The Morgan fingerprint density at radius 2 is 1.86 bits per heavy atom. The van der Waals surface area contributed by atoms with E-state index in [9.17, 15) is 12.8 Å². The monoisotopic (exact) mass is 343 g/mol. The highest BCUT2D eigenvalue weighted by Crippen LogP contribution is 2.19. The normalized spacial score (nSPS) is 11.4. The van der Waals surface area contributed by atoms with Gasteiger partial charge in [0.25, 0.3) is 0 Å². The highest BCUT2D eigenvalue weighted by molar-refractivity contribution is 7.89. The minimum absolute atomic E-state index is 0.0885. The first-order valence-electron chi connectivity index (χ1n) is 6.53. The van der Waals surface area contributed by atoms with Gasteiger partial charge >= 0.3 is 0 Å². The molecular formula is C15H15ClFNO3S. The first kappa shape index (κ1) is 16.7. The molecule has 0 aliphatic rings. The van der Waals surface area contributed by atoms with E-state index in [0.717, 1.165) is 23.8 Å². The smallest absolute Gasteiger partial charge is 0.240 e. The molecule has 0 unspecified atom stereocenters. The van der Waals surface area contributed by atoms with Crippen molar-refractivity contribution in [2.75, 3.05) is 13.2 Å². The first-order valence-corrected chi connectivity index (χ1v) is 8.39. The van der Waals surface area contributed by atoms with Crippen LogP contribution in [0.15, 0.2) is 47.4 Å². The van der Waals surface area contributed by atoms with Crippen molar-refractivity contribution in [3.63, 3.8) is 0 Å². The van der Waals surface area contributed by atoms with Crippen molar-refractivity contribution < 1.29 is 17.5 Å². The molecule has 1 N–H and O–H groups in total. The van der Waals surface area contributed by atoms with Gasteiger partial charge in [-0.3, -0.25) is 0 Å². The largest absolute Gasteiger partial charge is 0.492 e. The van der Waals surface area contributed by atoms with Crippen molar-refractivity contribution in [3.05, 3.63) is 58.9 Å². The highest BCUT2D eigenvalue weighted by atomic mass is 35.5. The van der Waals surface area contributed by atoms with E-state index in [1.807, 2.05) is 31.2 Å². The van der Waals surface area contributed by atoms with Crippen LogP contribution in [0.25, 0.3) is 0 Å². The Morgan fingerprint density at radius 1 is 1.18 bits per heavy atom. The molecule has 0 heterocycles. The average molecular weight is 344 g/mol. The van der Waals surface area contributed by atoms with E-state index in [2.05, 4.69) is 4.72 Å². The van der Waals surface area contributed by atoms with Crippen LogP contribution in [-0.4, -0.2) is 21.6 Å². The van der Waals surface area contributed by atoms with Crippen LogP contribution < -0.4 is 9.46 Å². The molecule has 2 aromatic carbocycles. The van der Waals surface area contributed by atoms with Crippen LogP contribution in [0.5, 0.6) is 5.75 Å². The maximum absolute atomic E-state index is 13.0. The topological polar surface area (TPSA) is 55.4 Å². The molecule has 0 spiro atoms. The molecule has 0 aliphatic carbocycles. The fourth-order valence-electron chi connectivity index (χ4n) is 1.71. The summed E-state index contributed by atoms with van der Waals surface area (Å²) in [6, 6.07) is 10.7. The van der Waals surface area contributed by atoms with E-state index in [0.29, 0.717) is 5.75 Å². The lowest BCUT2D eigenvalue weighted by atomic mass is 10.2. The third-order valence-electron chi connectivity index (χ3n) is 2.89. The molecule has 0 atom stereocenters. The maximum Gasteiger partial charge on any atom is 0.240 e. The zero-order valence-corrected chi connectivity index (χ0v) is 13.4. The van der Waals surface area contributed by atoms with E-state index in [-0.39, 0.29) is 23.1 Å². The average Bonchev–Trinajstić information content (AvgIpc) is 2.48. The fourth-order valence-corrected chi connectivity index (χ4v) is 2.99. The predicted octanol–water partition coefficient (Wildman–Crippen LogP) is 3.14. The lowest BCUT2D eigenvalue weighted by molar-refractivity contribution is 0.323. The SMILES string of the molecule is Cc1ccc(OCCNS(=O)(=O)c2ccc(F)c(Cl)c2)cc1. The number of sulfonamides is 1. The van der Waals surface area contributed by atoms with Crippen LogP contribution in [-0.2, 0) is 10.0 Å². The van der Waals surface area contributed by atoms with Crippen LogP contribution in [0.1, 0.15) is 5.56 Å². The highest BCUT2D eigenvalue weighted by Gasteiger charge is 2.15. The van der Waals surface area contributed by atoms with Crippen molar-refractivity contribution in [2.45, 2.75) is 11.8 Å². The Labute approximate surface area is 133 Å². The number of aryl methyl sites for hydroxylation is 1. The Hall–Kier alpha value is -1.63. The van der Waals surface area contributed by atoms with E-state index in [1.54, 1.807) is 0 Å². The second-order valence-electron chi connectivity index (χ2n) is 4.64. The van der Waals surface area contributed by atoms with E-state index in [1.165, 1.54) is 0 Å². The number of halogens is 2. The van der Waals surface area contributed by atoms with Crippen LogP contribution in [0.2, 0.25) is 5.02 Å². The number of rotatable bonds is 6. The minimum Gasteiger partial charge on any atom is -0.492 e. The van der Waals surface area contributed by atoms with Crippen molar-refractivity contribution in [1.82, 2.24) is 4.72 Å². The minimum atomic E-state index is -3.74. The number of nitrogens with one attached hydrogen (secondary N) is 1. The van der Waals surface area contributed by atoms with Gasteiger partial charge in [0, 0.05) is 6.54 Å². The van der Waals surface area contributed by atoms with Gasteiger partial charge in [-0.15, -0.1) is 0 Å². The van der Waals surface area contributed by atoms with Gasteiger partial charge in [-0.2, -0.15) is 0 Å². The molecule has 0 aliphatic heterocycles. The zero-order valence-electron chi connectivity index (χ0n) is 11.8. The molecule has 0 saturated carbocycles. The van der Waals surface area contributed by atoms with E-state index >= 15 is 0 Å². The van der Waals surface area contributed by atoms with Gasteiger partial charge < -0.3 is 4.74 Å². The maximum atomic E-state index is 13.0. The van der Waals surface area contributed by atoms with Crippen LogP contribution in [0, 0.1) is 12.7 Å². The first-order chi connectivity index (χ1) is 10.4. The quantitative estimate of drug-likeness (QED) is 0.820. The number of ether oxygens (including phenoxy) is 1. The molecule has 7 heteroatoms. The standard InChI is InChI=1S/C15H15ClFNO3S/c1-11-2-4-12(5-3-11)21-9-8-18-22(19,20)13-6-7-15(17)14(16)10-13/h2-7,10,18H,8-9H2,1H3. The Bertz CT molecular complexity index is 748. The lowest BCUT2D eigenvalue weighted by Crippen LogP contribution is -2.28. The van der Waals surface area contributed by atoms with Crippen molar-refractivity contribution in [2.24, 2.45) is 0 Å². The summed E-state index contributed by atoms with van der Waals surface area (Å²) >= 11 is 5.58. The fraction of sp³-hybridized carbons (Fsp3) is 0.200. The van der Waals surface area contributed by atoms with Crippen molar-refractivity contribution >= 4 is 21.6 Å². The third kappa shape index (κ3) is 4.43. The molecule has 2 aromatic rings. The molecule has 2 rings (SSSR count). The number of hydrogen-bond donors (Lipinski definition) is 1. The molecule has 118 valence electrons. The molecule has 0 aromatic heterocycles. The molecule has 0 amide bonds. The molecule has 4 nitrogen and oxygen atoms in total. The molecular weight excluding hydrogens is 329 g/mol. The molecule has 0 saturated heterocycles. The summed E-state index contributed by atoms with van der Waals surface area (Å²) in [6.07, 6.45) is 0. The summed E-state index contributed by atoms with van der Waals surface area (Å²) in [5.41, 5.74) is 1.11. The summed E-state index contributed by atoms with van der Waals surface area (Å²) in [7, 11) is -3.74. The summed E-state index contributed by atoms with van der Waals surface area (Å²) in [5, 5.41) is -0.237. The number of benzene rings is 2. The molecule has 0 radical (unpaired) electrons. The van der Waals surface area contributed by atoms with Gasteiger partial charge in [0.15, 0.2) is 0 Å². The second kappa shape index (κ2) is 7.09. The molecule has 22 heavy (non-hydrogen) atoms. The second-order valence-corrected chi connectivity index (χ2v) is 6.81. The van der Waals surface area contributed by atoms with Crippen molar-refractivity contribution in [3.8, 4) is 5.75 Å². The molecule has 0 fully saturated rings.